The molecule has 1 heterocycles. The van der Waals surface area contributed by atoms with Crippen LogP contribution in [0.5, 0.6) is 0 Å². The first kappa shape index (κ1) is 8.33. The van der Waals surface area contributed by atoms with Crippen LogP contribution in [0.1, 0.15) is 6.92 Å². The minimum atomic E-state index is -0.0605. The maximum absolute atomic E-state index is 8.02. The third-order valence-electron chi connectivity index (χ3n) is 1.43. The van der Waals surface area contributed by atoms with E-state index in [1.807, 2.05) is 6.92 Å². The summed E-state index contributed by atoms with van der Waals surface area (Å²) in [7, 11) is 0. The maximum Gasteiger partial charge on any atom is 0.0869 e. The first-order chi connectivity index (χ1) is 5.33. The molecule has 5 heteroatoms. The van der Waals surface area contributed by atoms with Crippen molar-refractivity contribution in [2.24, 2.45) is 5.11 Å². The van der Waals surface area contributed by atoms with Crippen molar-refractivity contribution in [3.8, 4) is 0 Å². The summed E-state index contributed by atoms with van der Waals surface area (Å²) >= 11 is 0. The minimum absolute atomic E-state index is 0.0605. The summed E-state index contributed by atoms with van der Waals surface area (Å²) in [5.41, 5.74) is 8.02. The van der Waals surface area contributed by atoms with Crippen LogP contribution < -0.4 is 0 Å². The summed E-state index contributed by atoms with van der Waals surface area (Å²) in [6.07, 6.45) is 0.0530. The van der Waals surface area contributed by atoms with Crippen molar-refractivity contribution in [1.29, 1.82) is 0 Å². The van der Waals surface area contributed by atoms with Gasteiger partial charge >= 0.3 is 0 Å². The molecular formula is C6H11N3O2. The second-order valence-corrected chi connectivity index (χ2v) is 2.52. The van der Waals surface area contributed by atoms with E-state index in [9.17, 15) is 0 Å². The summed E-state index contributed by atoms with van der Waals surface area (Å²) < 4.78 is 10.6. The Bertz CT molecular complexity index is 167. The second-order valence-electron chi connectivity index (χ2n) is 2.52. The van der Waals surface area contributed by atoms with Gasteiger partial charge in [-0.05, 0) is 12.5 Å². The first-order valence-corrected chi connectivity index (χ1v) is 3.57. The maximum atomic E-state index is 8.02. The molecule has 0 aliphatic carbocycles. The van der Waals surface area contributed by atoms with Gasteiger partial charge < -0.3 is 9.47 Å². The Labute approximate surface area is 64.9 Å². The van der Waals surface area contributed by atoms with Gasteiger partial charge in [0.1, 0.15) is 0 Å². The molecule has 0 aromatic rings. The number of hydrogen-bond acceptors (Lipinski definition) is 3. The molecule has 1 rings (SSSR count). The van der Waals surface area contributed by atoms with Gasteiger partial charge in [0.25, 0.3) is 0 Å². The van der Waals surface area contributed by atoms with E-state index in [2.05, 4.69) is 10.0 Å². The SMILES string of the molecule is C[C@@H]1COC[C@H](CN=[N+]=[N-])O1. The lowest BCUT2D eigenvalue weighted by Crippen LogP contribution is -2.36. The largest absolute Gasteiger partial charge is 0.376 e. The normalized spacial score (nSPS) is 31.0. The van der Waals surface area contributed by atoms with E-state index in [0.717, 1.165) is 0 Å². The third-order valence-corrected chi connectivity index (χ3v) is 1.43. The lowest BCUT2D eigenvalue weighted by atomic mass is 10.3. The number of rotatable bonds is 2. The van der Waals surface area contributed by atoms with Crippen LogP contribution in [-0.2, 0) is 9.47 Å². The van der Waals surface area contributed by atoms with Crippen molar-refractivity contribution in [2.75, 3.05) is 19.8 Å². The molecule has 2 atom stereocenters. The van der Waals surface area contributed by atoms with Crippen LogP contribution in [0, 0.1) is 0 Å². The van der Waals surface area contributed by atoms with Crippen molar-refractivity contribution in [1.82, 2.24) is 0 Å². The zero-order valence-electron chi connectivity index (χ0n) is 6.43. The van der Waals surface area contributed by atoms with Crippen molar-refractivity contribution in [2.45, 2.75) is 19.1 Å². The van der Waals surface area contributed by atoms with Gasteiger partial charge in [0.05, 0.1) is 32.0 Å². The molecule has 0 aromatic carbocycles. The fourth-order valence-corrected chi connectivity index (χ4v) is 0.996. The monoisotopic (exact) mass is 157 g/mol. The highest BCUT2D eigenvalue weighted by Crippen LogP contribution is 2.07. The molecule has 0 radical (unpaired) electrons. The van der Waals surface area contributed by atoms with E-state index in [1.165, 1.54) is 0 Å². The Hall–Kier alpha value is -0.770. The van der Waals surface area contributed by atoms with Crippen LogP contribution in [0.15, 0.2) is 5.11 Å². The summed E-state index contributed by atoms with van der Waals surface area (Å²) in [4.78, 5) is 2.64. The van der Waals surface area contributed by atoms with Crippen LogP contribution in [-0.4, -0.2) is 32.0 Å². The van der Waals surface area contributed by atoms with Crippen LogP contribution in [0.25, 0.3) is 10.4 Å². The third kappa shape index (κ3) is 2.76. The Balaban J connectivity index is 2.27. The average molecular weight is 157 g/mol. The fraction of sp³-hybridized carbons (Fsp3) is 1.00. The molecule has 1 aliphatic rings. The van der Waals surface area contributed by atoms with Gasteiger partial charge in [-0.25, -0.2) is 0 Å². The minimum Gasteiger partial charge on any atom is -0.376 e. The van der Waals surface area contributed by atoms with E-state index < -0.39 is 0 Å². The molecule has 0 spiro atoms. The Kier molecular flexibility index (Phi) is 3.16. The van der Waals surface area contributed by atoms with Gasteiger partial charge in [0.15, 0.2) is 0 Å². The summed E-state index contributed by atoms with van der Waals surface area (Å²) in [5.74, 6) is 0. The highest BCUT2D eigenvalue weighted by molar-refractivity contribution is 4.67. The van der Waals surface area contributed by atoms with E-state index >= 15 is 0 Å². The predicted octanol–water partition coefficient (Wildman–Crippen LogP) is 1.10. The number of ether oxygens (including phenoxy) is 2. The van der Waals surface area contributed by atoms with Gasteiger partial charge in [-0.15, -0.1) is 0 Å². The molecule has 62 valence electrons. The van der Waals surface area contributed by atoms with Crippen LogP contribution in [0.4, 0.5) is 0 Å². The van der Waals surface area contributed by atoms with E-state index in [4.69, 9.17) is 15.0 Å². The summed E-state index contributed by atoms with van der Waals surface area (Å²) in [6.45, 7) is 3.46. The Morgan fingerprint density at radius 1 is 1.64 bits per heavy atom. The molecular weight excluding hydrogens is 146 g/mol. The lowest BCUT2D eigenvalue weighted by Gasteiger charge is -2.26. The molecule has 11 heavy (non-hydrogen) atoms. The van der Waals surface area contributed by atoms with Crippen LogP contribution in [0.3, 0.4) is 0 Å². The Morgan fingerprint density at radius 2 is 2.45 bits per heavy atom. The summed E-state index contributed by atoms with van der Waals surface area (Å²) in [5, 5.41) is 3.41. The second kappa shape index (κ2) is 4.18. The van der Waals surface area contributed by atoms with Crippen LogP contribution >= 0.6 is 0 Å². The van der Waals surface area contributed by atoms with Gasteiger partial charge in [-0.1, -0.05) is 5.11 Å². The molecule has 0 aromatic heterocycles. The molecule has 1 aliphatic heterocycles. The van der Waals surface area contributed by atoms with Crippen LogP contribution in [0.2, 0.25) is 0 Å². The van der Waals surface area contributed by atoms with Gasteiger partial charge in [0, 0.05) is 4.91 Å². The number of nitrogens with zero attached hydrogens (tertiary/aromatic N) is 3. The quantitative estimate of drug-likeness (QED) is 0.342. The average Bonchev–Trinajstić information content (AvgIpc) is 2.01. The lowest BCUT2D eigenvalue weighted by molar-refractivity contribution is -0.126. The van der Waals surface area contributed by atoms with Gasteiger partial charge in [-0.2, -0.15) is 0 Å². The van der Waals surface area contributed by atoms with Crippen molar-refractivity contribution in [3.63, 3.8) is 0 Å². The molecule has 0 saturated carbocycles. The molecule has 1 saturated heterocycles. The number of azide groups is 1. The summed E-state index contributed by atoms with van der Waals surface area (Å²) in [6, 6.07) is 0. The standard InChI is InChI=1S/C6H11N3O2/c1-5-3-10-4-6(11-5)2-8-9-7/h5-6H,2-4H2,1H3/t5-,6+/m1/s1. The van der Waals surface area contributed by atoms with Gasteiger partial charge in [-0.3, -0.25) is 0 Å². The smallest absolute Gasteiger partial charge is 0.0869 e. The zero-order valence-corrected chi connectivity index (χ0v) is 6.43. The highest BCUT2D eigenvalue weighted by atomic mass is 16.6. The predicted molar refractivity (Wildman–Crippen MR) is 39.2 cm³/mol. The molecule has 1 fully saturated rings. The zero-order chi connectivity index (χ0) is 8.10. The fourth-order valence-electron chi connectivity index (χ4n) is 0.996. The van der Waals surface area contributed by atoms with Crippen molar-refractivity contribution < 1.29 is 9.47 Å². The highest BCUT2D eigenvalue weighted by Gasteiger charge is 2.18. The number of hydrogen-bond donors (Lipinski definition) is 0. The first-order valence-electron chi connectivity index (χ1n) is 3.57. The van der Waals surface area contributed by atoms with E-state index in [1.54, 1.807) is 0 Å². The molecule has 5 nitrogen and oxygen atoms in total. The Morgan fingerprint density at radius 3 is 3.09 bits per heavy atom. The molecule has 0 bridgehead atoms. The molecule has 0 unspecified atom stereocenters. The van der Waals surface area contributed by atoms with Crippen molar-refractivity contribution in [3.05, 3.63) is 10.4 Å². The van der Waals surface area contributed by atoms with Crippen molar-refractivity contribution >= 4 is 0 Å². The van der Waals surface area contributed by atoms with E-state index in [0.29, 0.717) is 19.8 Å². The molecule has 0 amide bonds. The molecule has 0 N–H and O–H groups in total. The van der Waals surface area contributed by atoms with E-state index in [-0.39, 0.29) is 12.2 Å². The van der Waals surface area contributed by atoms with Gasteiger partial charge in [0.2, 0.25) is 0 Å². The topological polar surface area (TPSA) is 67.2 Å².